The molecule has 3 aliphatic rings. The zero-order chi connectivity index (χ0) is 24.2. The molecule has 9 heteroatoms. The minimum absolute atomic E-state index is 0.0782. The lowest BCUT2D eigenvalue weighted by Crippen LogP contribution is -2.58. The number of anilines is 1. The summed E-state index contributed by atoms with van der Waals surface area (Å²) in [6.07, 6.45) is 1.99. The van der Waals surface area contributed by atoms with Crippen molar-refractivity contribution in [2.24, 2.45) is 0 Å². The Morgan fingerprint density at radius 2 is 1.86 bits per heavy atom. The molecular formula is C26H35N5O4. The quantitative estimate of drug-likeness (QED) is 0.516. The minimum Gasteiger partial charge on any atom is -0.462 e. The molecule has 0 spiro atoms. The highest BCUT2D eigenvalue weighted by Gasteiger charge is 2.43. The lowest BCUT2D eigenvalue weighted by molar-refractivity contribution is -0.132. The second kappa shape index (κ2) is 10.8. The molecule has 3 N–H and O–H groups in total. The Bertz CT molecular complexity index is 1000. The second-order valence-electron chi connectivity index (χ2n) is 9.69. The number of para-hydroxylation sites is 1. The van der Waals surface area contributed by atoms with Gasteiger partial charge in [-0.25, -0.2) is 0 Å². The molecule has 1 aromatic heterocycles. The van der Waals surface area contributed by atoms with Gasteiger partial charge < -0.3 is 30.0 Å². The summed E-state index contributed by atoms with van der Waals surface area (Å²) >= 11 is 0. The number of piperazine rings is 2. The molecule has 3 saturated heterocycles. The van der Waals surface area contributed by atoms with E-state index in [-0.39, 0.29) is 36.5 Å². The average Bonchev–Trinajstić information content (AvgIpc) is 3.55. The standard InChI is InChI=1S/C26H35N5O4/c32-18-23-8-7-22(35-23)16-27-19-14-24-26(34)28-15-21(31(24)17-19)6-9-25(33)30-12-10-29(11-13-30)20-4-2-1-3-5-20/h1-5,7-8,19,21,24,27,32H,6,9-18H2,(H,28,34)/t19-,21-,24+/m0/s1. The van der Waals surface area contributed by atoms with Crippen molar-refractivity contribution < 1.29 is 19.1 Å². The predicted octanol–water partition coefficient (Wildman–Crippen LogP) is 0.932. The number of carbonyl (C=O) groups is 2. The highest BCUT2D eigenvalue weighted by atomic mass is 16.4. The van der Waals surface area contributed by atoms with Gasteiger partial charge in [-0.3, -0.25) is 14.5 Å². The maximum atomic E-state index is 13.0. The number of nitrogens with zero attached hydrogens (tertiary/aromatic N) is 3. The van der Waals surface area contributed by atoms with E-state index in [0.717, 1.165) is 51.3 Å². The third-order valence-corrected chi connectivity index (χ3v) is 7.51. The maximum Gasteiger partial charge on any atom is 0.237 e. The SMILES string of the molecule is O=C1NC[C@H](CCC(=O)N2CCN(c3ccccc3)CC2)N2C[C@@H](NCc3ccc(CO)o3)C[C@H]12. The van der Waals surface area contributed by atoms with Gasteiger partial charge in [-0.15, -0.1) is 0 Å². The number of aliphatic hydroxyl groups excluding tert-OH is 1. The Hall–Kier alpha value is -2.88. The lowest BCUT2D eigenvalue weighted by Gasteiger charge is -2.38. The first-order chi connectivity index (χ1) is 17.1. The van der Waals surface area contributed by atoms with E-state index in [1.54, 1.807) is 6.07 Å². The van der Waals surface area contributed by atoms with Crippen molar-refractivity contribution in [2.75, 3.05) is 44.2 Å². The summed E-state index contributed by atoms with van der Waals surface area (Å²) in [5, 5.41) is 15.7. The number of hydrogen-bond acceptors (Lipinski definition) is 7. The molecule has 0 saturated carbocycles. The lowest BCUT2D eigenvalue weighted by atomic mass is 10.0. The summed E-state index contributed by atoms with van der Waals surface area (Å²) in [6.45, 7) is 5.03. The number of hydrogen-bond donors (Lipinski definition) is 3. The Morgan fingerprint density at radius 1 is 1.09 bits per heavy atom. The topological polar surface area (TPSA) is 101 Å². The number of furan rings is 1. The second-order valence-corrected chi connectivity index (χ2v) is 9.69. The van der Waals surface area contributed by atoms with E-state index in [1.165, 1.54) is 5.69 Å². The number of aliphatic hydroxyl groups is 1. The molecule has 3 fully saturated rings. The first-order valence-corrected chi connectivity index (χ1v) is 12.6. The van der Waals surface area contributed by atoms with E-state index in [0.29, 0.717) is 25.3 Å². The van der Waals surface area contributed by atoms with Crippen LogP contribution >= 0.6 is 0 Å². The molecule has 0 aliphatic carbocycles. The van der Waals surface area contributed by atoms with Gasteiger partial charge in [0.15, 0.2) is 0 Å². The van der Waals surface area contributed by atoms with E-state index in [4.69, 9.17) is 9.52 Å². The van der Waals surface area contributed by atoms with Gasteiger partial charge in [0.2, 0.25) is 11.8 Å². The number of nitrogens with one attached hydrogen (secondary N) is 2. The van der Waals surface area contributed by atoms with Crippen LogP contribution in [0.1, 0.15) is 30.8 Å². The summed E-state index contributed by atoms with van der Waals surface area (Å²) < 4.78 is 5.56. The van der Waals surface area contributed by atoms with Crippen molar-refractivity contribution in [3.05, 3.63) is 54.0 Å². The molecule has 4 heterocycles. The molecule has 1 aromatic carbocycles. The minimum atomic E-state index is -0.152. The van der Waals surface area contributed by atoms with Gasteiger partial charge in [0.05, 0.1) is 12.6 Å². The molecule has 0 unspecified atom stereocenters. The first kappa shape index (κ1) is 23.8. The highest BCUT2D eigenvalue weighted by molar-refractivity contribution is 5.83. The van der Waals surface area contributed by atoms with Gasteiger partial charge in [-0.2, -0.15) is 0 Å². The molecule has 3 atom stereocenters. The summed E-state index contributed by atoms with van der Waals surface area (Å²) in [5.41, 5.74) is 1.21. The molecule has 9 nitrogen and oxygen atoms in total. The average molecular weight is 482 g/mol. The number of benzene rings is 1. The van der Waals surface area contributed by atoms with E-state index in [9.17, 15) is 9.59 Å². The number of rotatable bonds is 8. The van der Waals surface area contributed by atoms with Gasteiger partial charge in [0.1, 0.15) is 18.1 Å². The van der Waals surface area contributed by atoms with E-state index in [1.807, 2.05) is 29.2 Å². The molecule has 0 bridgehead atoms. The van der Waals surface area contributed by atoms with Crippen molar-refractivity contribution in [3.63, 3.8) is 0 Å². The van der Waals surface area contributed by atoms with Crippen LogP contribution < -0.4 is 15.5 Å². The Balaban J connectivity index is 1.09. The van der Waals surface area contributed by atoms with Crippen molar-refractivity contribution in [1.29, 1.82) is 0 Å². The van der Waals surface area contributed by atoms with Gasteiger partial charge in [0.25, 0.3) is 0 Å². The number of amides is 2. The van der Waals surface area contributed by atoms with E-state index < -0.39 is 0 Å². The molecule has 0 radical (unpaired) electrons. The summed E-state index contributed by atoms with van der Waals surface area (Å²) in [5.74, 6) is 1.61. The molecule has 188 valence electrons. The molecular weight excluding hydrogens is 446 g/mol. The Labute approximate surface area is 206 Å². The fourth-order valence-corrected chi connectivity index (χ4v) is 5.54. The van der Waals surface area contributed by atoms with Crippen LogP contribution in [0.25, 0.3) is 0 Å². The van der Waals surface area contributed by atoms with Crippen LogP contribution in [0.5, 0.6) is 0 Å². The van der Waals surface area contributed by atoms with Crippen LogP contribution in [0, 0.1) is 0 Å². The third-order valence-electron chi connectivity index (χ3n) is 7.51. The summed E-state index contributed by atoms with van der Waals surface area (Å²) in [7, 11) is 0. The molecule has 5 rings (SSSR count). The summed E-state index contributed by atoms with van der Waals surface area (Å²) in [4.78, 5) is 32.0. The molecule has 2 amide bonds. The van der Waals surface area contributed by atoms with E-state index in [2.05, 4.69) is 32.6 Å². The largest absolute Gasteiger partial charge is 0.462 e. The molecule has 2 aromatic rings. The van der Waals surface area contributed by atoms with Crippen LogP contribution in [0.4, 0.5) is 5.69 Å². The van der Waals surface area contributed by atoms with Crippen molar-refractivity contribution in [1.82, 2.24) is 20.4 Å². The number of fused-ring (bicyclic) bond motifs is 1. The van der Waals surface area contributed by atoms with Gasteiger partial charge in [-0.05, 0) is 37.1 Å². The zero-order valence-electron chi connectivity index (χ0n) is 20.1. The third kappa shape index (κ3) is 5.52. The van der Waals surface area contributed by atoms with Gasteiger partial charge >= 0.3 is 0 Å². The number of carbonyl (C=O) groups excluding carboxylic acids is 2. The molecule has 35 heavy (non-hydrogen) atoms. The van der Waals surface area contributed by atoms with Crippen LogP contribution in [0.15, 0.2) is 46.9 Å². The van der Waals surface area contributed by atoms with Gasteiger partial charge in [0, 0.05) is 63.5 Å². The summed E-state index contributed by atoms with van der Waals surface area (Å²) in [6, 6.07) is 14.2. The van der Waals surface area contributed by atoms with Gasteiger partial charge in [-0.1, -0.05) is 18.2 Å². The predicted molar refractivity (Wildman–Crippen MR) is 132 cm³/mol. The Morgan fingerprint density at radius 3 is 2.60 bits per heavy atom. The van der Waals surface area contributed by atoms with Crippen LogP contribution in [-0.2, 0) is 22.7 Å². The zero-order valence-corrected chi connectivity index (χ0v) is 20.1. The first-order valence-electron chi connectivity index (χ1n) is 12.6. The van der Waals surface area contributed by atoms with Crippen LogP contribution in [0.3, 0.4) is 0 Å². The normalized spacial score (nSPS) is 24.9. The van der Waals surface area contributed by atoms with Crippen molar-refractivity contribution in [3.8, 4) is 0 Å². The maximum absolute atomic E-state index is 13.0. The van der Waals surface area contributed by atoms with Crippen molar-refractivity contribution in [2.45, 2.75) is 50.5 Å². The monoisotopic (exact) mass is 481 g/mol. The fourth-order valence-electron chi connectivity index (χ4n) is 5.54. The smallest absolute Gasteiger partial charge is 0.237 e. The fraction of sp³-hybridized carbons (Fsp3) is 0.538. The Kier molecular flexibility index (Phi) is 7.36. The van der Waals surface area contributed by atoms with Crippen LogP contribution in [-0.4, -0.2) is 84.1 Å². The van der Waals surface area contributed by atoms with Crippen LogP contribution in [0.2, 0.25) is 0 Å². The van der Waals surface area contributed by atoms with E-state index >= 15 is 0 Å². The van der Waals surface area contributed by atoms with Crippen molar-refractivity contribution >= 4 is 17.5 Å². The highest BCUT2D eigenvalue weighted by Crippen LogP contribution is 2.26. The molecule has 3 aliphatic heterocycles.